The Morgan fingerprint density at radius 3 is 2.53 bits per heavy atom. The third-order valence-electron chi connectivity index (χ3n) is 8.21. The van der Waals surface area contributed by atoms with Crippen LogP contribution in [0.3, 0.4) is 0 Å². The average Bonchev–Trinajstić information content (AvgIpc) is 3.35. The van der Waals surface area contributed by atoms with Crippen molar-refractivity contribution in [3.8, 4) is 0 Å². The molecule has 232 valence electrons. The molecule has 3 fully saturated rings. The summed E-state index contributed by atoms with van der Waals surface area (Å²) in [4.78, 5) is 30.8. The fraction of sp³-hybridized carbons (Fsp3) is 0.577. The Bertz CT molecular complexity index is 1520. The second-order valence-corrected chi connectivity index (χ2v) is 11.4. The van der Waals surface area contributed by atoms with E-state index in [4.69, 9.17) is 4.52 Å². The van der Waals surface area contributed by atoms with E-state index in [-0.39, 0.29) is 43.6 Å². The molecule has 0 aromatic carbocycles. The number of halogens is 7. The van der Waals surface area contributed by atoms with Crippen LogP contribution in [0.2, 0.25) is 0 Å². The van der Waals surface area contributed by atoms with Gasteiger partial charge in [0.15, 0.2) is 11.3 Å². The van der Waals surface area contributed by atoms with Gasteiger partial charge in [0.25, 0.3) is 11.8 Å². The van der Waals surface area contributed by atoms with Gasteiger partial charge >= 0.3 is 12.2 Å². The molecule has 3 aromatic heterocycles. The summed E-state index contributed by atoms with van der Waals surface area (Å²) in [6.07, 6.45) is -1.27. The number of carbonyl (C=O) groups excluding carboxylic acids is 2. The molecular formula is C26H26F7N7O3. The van der Waals surface area contributed by atoms with Crippen LogP contribution in [0.1, 0.15) is 71.9 Å². The lowest BCUT2D eigenvalue weighted by Gasteiger charge is -2.33. The predicted molar refractivity (Wildman–Crippen MR) is 132 cm³/mol. The average molecular weight is 618 g/mol. The number of amides is 3. The summed E-state index contributed by atoms with van der Waals surface area (Å²) in [6, 6.07) is -2.36. The zero-order chi connectivity index (χ0) is 30.7. The van der Waals surface area contributed by atoms with E-state index in [0.29, 0.717) is 5.56 Å². The van der Waals surface area contributed by atoms with E-state index < -0.39 is 84.5 Å². The van der Waals surface area contributed by atoms with Crippen LogP contribution in [0, 0.1) is 11.8 Å². The predicted octanol–water partition coefficient (Wildman–Crippen LogP) is 4.97. The molecule has 2 aliphatic carbocycles. The second kappa shape index (κ2) is 10.4. The van der Waals surface area contributed by atoms with E-state index in [1.807, 2.05) is 5.32 Å². The van der Waals surface area contributed by atoms with E-state index in [9.17, 15) is 40.3 Å². The summed E-state index contributed by atoms with van der Waals surface area (Å²) >= 11 is 0. The van der Waals surface area contributed by atoms with Crippen molar-refractivity contribution in [2.75, 3.05) is 6.54 Å². The number of nitrogens with zero attached hydrogens (tertiary/aromatic N) is 5. The maximum Gasteiger partial charge on any atom is 0.410 e. The van der Waals surface area contributed by atoms with Gasteiger partial charge in [-0.2, -0.15) is 27.1 Å². The third-order valence-corrected chi connectivity index (χ3v) is 8.21. The molecule has 0 radical (unpaired) electrons. The zero-order valence-electron chi connectivity index (χ0n) is 22.4. The van der Waals surface area contributed by atoms with Gasteiger partial charge in [0, 0.05) is 25.3 Å². The van der Waals surface area contributed by atoms with Crippen molar-refractivity contribution in [2.24, 2.45) is 11.8 Å². The van der Waals surface area contributed by atoms with Crippen LogP contribution in [0.4, 0.5) is 35.5 Å². The smallest absolute Gasteiger partial charge is 0.363 e. The van der Waals surface area contributed by atoms with Crippen LogP contribution in [0.25, 0.3) is 5.65 Å². The first-order chi connectivity index (χ1) is 20.2. The van der Waals surface area contributed by atoms with Crippen molar-refractivity contribution < 1.29 is 44.8 Å². The summed E-state index contributed by atoms with van der Waals surface area (Å²) in [7, 11) is 0. The minimum Gasteiger partial charge on any atom is -0.363 e. The van der Waals surface area contributed by atoms with E-state index in [2.05, 4.69) is 20.6 Å². The normalized spacial score (nSPS) is 22.2. The van der Waals surface area contributed by atoms with Crippen molar-refractivity contribution in [1.29, 1.82) is 0 Å². The maximum absolute atomic E-state index is 14.8. The molecule has 2 atom stereocenters. The number of alkyl halides is 7. The standard InChI is InChI=1S/C26H26F7N7O3/c27-24(28)5-3-14(4-6-24)20(37-22(41)16-12-43-38-21(16)25(29,30)15-1-2-15)17-10-40-19(35-17)7-13(8-34-40)9-39-11-18(26(31,32)33)36-23(39)42/h7-8,10,12,14-15,18,20H,1-6,9,11H2,(H,36,42)(H,37,41)/t18-,20?/m0/s1. The molecule has 2 N–H and O–H groups in total. The Labute approximate surface area is 239 Å². The van der Waals surface area contributed by atoms with E-state index in [0.717, 1.165) is 11.2 Å². The van der Waals surface area contributed by atoms with Crippen molar-refractivity contribution in [2.45, 2.75) is 75.2 Å². The Hall–Kier alpha value is -3.92. The molecule has 0 bridgehead atoms. The largest absolute Gasteiger partial charge is 0.410 e. The molecule has 0 spiro atoms. The van der Waals surface area contributed by atoms with Gasteiger partial charge < -0.3 is 20.1 Å². The van der Waals surface area contributed by atoms with Crippen LogP contribution in [-0.2, 0) is 12.5 Å². The van der Waals surface area contributed by atoms with E-state index >= 15 is 0 Å². The molecule has 43 heavy (non-hydrogen) atoms. The summed E-state index contributed by atoms with van der Waals surface area (Å²) in [5.41, 5.74) is -0.450. The highest BCUT2D eigenvalue weighted by atomic mass is 19.4. The summed E-state index contributed by atoms with van der Waals surface area (Å²) in [5.74, 6) is -8.65. The molecule has 4 heterocycles. The molecule has 3 aromatic rings. The maximum atomic E-state index is 14.8. The molecular weight excluding hydrogens is 591 g/mol. The highest BCUT2D eigenvalue weighted by Crippen LogP contribution is 2.50. The number of urea groups is 1. The lowest BCUT2D eigenvalue weighted by molar-refractivity contribution is -0.149. The molecule has 3 aliphatic rings. The molecule has 3 amide bonds. The van der Waals surface area contributed by atoms with Crippen LogP contribution >= 0.6 is 0 Å². The number of hydrogen-bond donors (Lipinski definition) is 2. The molecule has 2 saturated carbocycles. The van der Waals surface area contributed by atoms with Gasteiger partial charge in [-0.1, -0.05) is 5.16 Å². The van der Waals surface area contributed by atoms with Gasteiger partial charge in [-0.15, -0.1) is 0 Å². The Balaban J connectivity index is 1.25. The van der Waals surface area contributed by atoms with Crippen molar-refractivity contribution in [3.05, 3.63) is 47.2 Å². The quantitative estimate of drug-likeness (QED) is 0.345. The van der Waals surface area contributed by atoms with Crippen LogP contribution in [-0.4, -0.2) is 61.3 Å². The van der Waals surface area contributed by atoms with E-state index in [1.54, 1.807) is 0 Å². The van der Waals surface area contributed by atoms with Crippen LogP contribution < -0.4 is 10.6 Å². The molecule has 17 heteroatoms. The number of aromatic nitrogens is 4. The third kappa shape index (κ3) is 5.85. The second-order valence-electron chi connectivity index (χ2n) is 11.4. The first-order valence-corrected chi connectivity index (χ1v) is 13.7. The van der Waals surface area contributed by atoms with Crippen LogP contribution in [0.15, 0.2) is 29.2 Å². The van der Waals surface area contributed by atoms with Gasteiger partial charge in [-0.3, -0.25) is 4.79 Å². The van der Waals surface area contributed by atoms with Gasteiger partial charge in [0.1, 0.15) is 17.9 Å². The fourth-order valence-electron chi connectivity index (χ4n) is 5.63. The number of imidazole rings is 1. The zero-order valence-corrected chi connectivity index (χ0v) is 22.4. The van der Waals surface area contributed by atoms with Gasteiger partial charge in [0.05, 0.1) is 30.7 Å². The lowest BCUT2D eigenvalue weighted by atomic mass is 9.81. The molecule has 6 rings (SSSR count). The van der Waals surface area contributed by atoms with E-state index in [1.165, 1.54) is 23.0 Å². The number of carbonyl (C=O) groups is 2. The van der Waals surface area contributed by atoms with Crippen molar-refractivity contribution >= 4 is 17.6 Å². The Kier molecular flexibility index (Phi) is 7.03. The molecule has 1 aliphatic heterocycles. The fourth-order valence-corrected chi connectivity index (χ4v) is 5.63. The molecule has 1 unspecified atom stereocenters. The highest BCUT2D eigenvalue weighted by Gasteiger charge is 2.52. The number of fused-ring (bicyclic) bond motifs is 1. The summed E-state index contributed by atoms with van der Waals surface area (Å²) in [5, 5.41) is 12.1. The molecule has 10 nitrogen and oxygen atoms in total. The van der Waals surface area contributed by atoms with Crippen LogP contribution in [0.5, 0.6) is 0 Å². The first kappa shape index (κ1) is 29.2. The monoisotopic (exact) mass is 617 g/mol. The topological polar surface area (TPSA) is 118 Å². The number of hydrogen-bond acceptors (Lipinski definition) is 6. The van der Waals surface area contributed by atoms with Crippen molar-refractivity contribution in [3.63, 3.8) is 0 Å². The van der Waals surface area contributed by atoms with Gasteiger partial charge in [0.2, 0.25) is 5.92 Å². The summed E-state index contributed by atoms with van der Waals surface area (Å²) < 4.78 is 103. The van der Waals surface area contributed by atoms with Gasteiger partial charge in [-0.05, 0) is 43.2 Å². The minimum atomic E-state index is -4.60. The minimum absolute atomic E-state index is 0.0175. The Morgan fingerprint density at radius 2 is 1.88 bits per heavy atom. The van der Waals surface area contributed by atoms with Gasteiger partial charge in [-0.25, -0.2) is 23.1 Å². The van der Waals surface area contributed by atoms with Crippen molar-refractivity contribution in [1.82, 2.24) is 35.3 Å². The lowest BCUT2D eigenvalue weighted by Crippen LogP contribution is -2.40. The number of rotatable bonds is 8. The molecule has 1 saturated heterocycles. The Morgan fingerprint density at radius 1 is 1.16 bits per heavy atom. The SMILES string of the molecule is O=C(NC(c1cn2ncc(CN3C[C@@H](C(F)(F)F)NC3=O)cc2n1)C1CCC(F)(F)CC1)c1conc1C(F)(F)C1CC1. The first-order valence-electron chi connectivity index (χ1n) is 13.7. The number of nitrogens with one attached hydrogen (secondary N) is 2. The highest BCUT2D eigenvalue weighted by molar-refractivity contribution is 5.95. The summed E-state index contributed by atoms with van der Waals surface area (Å²) in [6.45, 7) is -0.772.